The van der Waals surface area contributed by atoms with Crippen molar-refractivity contribution in [3.05, 3.63) is 46.5 Å². The summed E-state index contributed by atoms with van der Waals surface area (Å²) in [7, 11) is 0. The zero-order valence-corrected chi connectivity index (χ0v) is 13.0. The third-order valence-corrected chi connectivity index (χ3v) is 4.16. The number of halogens is 2. The fourth-order valence-corrected chi connectivity index (χ4v) is 2.94. The Morgan fingerprint density at radius 1 is 1.24 bits per heavy atom. The van der Waals surface area contributed by atoms with Crippen LogP contribution in [0.15, 0.2) is 23.8 Å². The van der Waals surface area contributed by atoms with Crippen molar-refractivity contribution >= 4 is 0 Å². The van der Waals surface area contributed by atoms with Gasteiger partial charge in [-0.15, -0.1) is 0 Å². The molecule has 0 heterocycles. The van der Waals surface area contributed by atoms with Crippen molar-refractivity contribution in [1.29, 1.82) is 0 Å². The maximum atomic E-state index is 14.4. The van der Waals surface area contributed by atoms with E-state index in [1.165, 1.54) is 30.5 Å². The highest BCUT2D eigenvalue weighted by molar-refractivity contribution is 5.30. The Hall–Kier alpha value is -1.22. The summed E-state index contributed by atoms with van der Waals surface area (Å²) in [5, 5.41) is 3.32. The summed E-state index contributed by atoms with van der Waals surface area (Å²) in [4.78, 5) is 0. The molecule has 0 amide bonds. The second-order valence-corrected chi connectivity index (χ2v) is 5.91. The number of allylic oxidation sites excluding steroid dienone is 1. The molecule has 0 saturated heterocycles. The van der Waals surface area contributed by atoms with Crippen molar-refractivity contribution in [3.63, 3.8) is 0 Å². The van der Waals surface area contributed by atoms with Crippen molar-refractivity contribution in [3.8, 4) is 0 Å². The van der Waals surface area contributed by atoms with E-state index in [0.717, 1.165) is 25.8 Å². The molecule has 1 aliphatic rings. The van der Waals surface area contributed by atoms with E-state index in [1.807, 2.05) is 0 Å². The van der Waals surface area contributed by atoms with E-state index >= 15 is 0 Å². The van der Waals surface area contributed by atoms with E-state index in [2.05, 4.69) is 18.3 Å². The van der Waals surface area contributed by atoms with E-state index in [1.54, 1.807) is 6.92 Å². The molecule has 3 heteroatoms. The molecule has 116 valence electrons. The Morgan fingerprint density at radius 2 is 2.05 bits per heavy atom. The number of benzene rings is 1. The van der Waals surface area contributed by atoms with Crippen LogP contribution >= 0.6 is 0 Å². The maximum Gasteiger partial charge on any atom is 0.133 e. The minimum Gasteiger partial charge on any atom is -0.309 e. The highest BCUT2D eigenvalue weighted by Crippen LogP contribution is 2.31. The van der Waals surface area contributed by atoms with E-state index in [-0.39, 0.29) is 11.6 Å². The van der Waals surface area contributed by atoms with Crippen LogP contribution in [0.1, 0.15) is 62.6 Å². The third-order valence-electron chi connectivity index (χ3n) is 4.16. The molecule has 0 spiro atoms. The van der Waals surface area contributed by atoms with Crippen LogP contribution < -0.4 is 5.32 Å². The monoisotopic (exact) mass is 293 g/mol. The zero-order chi connectivity index (χ0) is 15.2. The zero-order valence-electron chi connectivity index (χ0n) is 13.0. The summed E-state index contributed by atoms with van der Waals surface area (Å²) in [5.41, 5.74) is 2.04. The minimum atomic E-state index is -0.442. The lowest BCUT2D eigenvalue weighted by Crippen LogP contribution is -2.25. The average Bonchev–Trinajstić information content (AvgIpc) is 2.50. The highest BCUT2D eigenvalue weighted by atomic mass is 19.1. The molecule has 21 heavy (non-hydrogen) atoms. The first-order valence-electron chi connectivity index (χ1n) is 7.99. The van der Waals surface area contributed by atoms with Gasteiger partial charge in [0.2, 0.25) is 0 Å². The minimum absolute atomic E-state index is 0.204. The van der Waals surface area contributed by atoms with Gasteiger partial charge < -0.3 is 5.32 Å². The van der Waals surface area contributed by atoms with E-state index in [9.17, 15) is 8.78 Å². The van der Waals surface area contributed by atoms with Gasteiger partial charge >= 0.3 is 0 Å². The van der Waals surface area contributed by atoms with Crippen LogP contribution in [0, 0.1) is 18.6 Å². The topological polar surface area (TPSA) is 12.0 Å². The quantitative estimate of drug-likeness (QED) is 0.710. The smallest absolute Gasteiger partial charge is 0.133 e. The van der Waals surface area contributed by atoms with Gasteiger partial charge in [0.05, 0.1) is 0 Å². The Balaban J connectivity index is 2.26. The predicted molar refractivity (Wildman–Crippen MR) is 83.3 cm³/mol. The van der Waals surface area contributed by atoms with Crippen LogP contribution in [-0.4, -0.2) is 6.54 Å². The van der Waals surface area contributed by atoms with Crippen molar-refractivity contribution < 1.29 is 8.78 Å². The molecular weight excluding hydrogens is 268 g/mol. The van der Waals surface area contributed by atoms with Gasteiger partial charge in [-0.3, -0.25) is 0 Å². The Kier molecular flexibility index (Phi) is 5.92. The van der Waals surface area contributed by atoms with E-state index in [0.29, 0.717) is 12.0 Å². The van der Waals surface area contributed by atoms with Gasteiger partial charge in [-0.1, -0.05) is 24.6 Å². The van der Waals surface area contributed by atoms with Gasteiger partial charge in [0.25, 0.3) is 0 Å². The van der Waals surface area contributed by atoms with Gasteiger partial charge in [0.15, 0.2) is 0 Å². The van der Waals surface area contributed by atoms with Gasteiger partial charge in [0, 0.05) is 11.6 Å². The molecule has 0 radical (unpaired) electrons. The predicted octanol–water partition coefficient (Wildman–Crippen LogP) is 5.20. The van der Waals surface area contributed by atoms with Crippen LogP contribution in [0.25, 0.3) is 0 Å². The van der Waals surface area contributed by atoms with Crippen LogP contribution in [-0.2, 0) is 0 Å². The molecule has 0 aliphatic heterocycles. The molecule has 2 rings (SSSR count). The SMILES string of the molecule is CCCNC(CC1=CCCCC1)c1c(F)ccc(C)c1F. The molecule has 0 fully saturated rings. The molecule has 1 aromatic carbocycles. The molecule has 1 N–H and O–H groups in total. The molecule has 1 aliphatic carbocycles. The summed E-state index contributed by atoms with van der Waals surface area (Å²) < 4.78 is 28.6. The fraction of sp³-hybridized carbons (Fsp3) is 0.556. The number of rotatable bonds is 6. The van der Waals surface area contributed by atoms with Crippen molar-refractivity contribution in [2.24, 2.45) is 0 Å². The first-order valence-corrected chi connectivity index (χ1v) is 7.99. The largest absolute Gasteiger partial charge is 0.309 e. The lowest BCUT2D eigenvalue weighted by Gasteiger charge is -2.24. The lowest BCUT2D eigenvalue weighted by molar-refractivity contribution is 0.454. The Labute approximate surface area is 126 Å². The number of aryl methyl sites for hydroxylation is 1. The lowest BCUT2D eigenvalue weighted by atomic mass is 9.90. The normalized spacial score (nSPS) is 16.7. The number of hydrogen-bond donors (Lipinski definition) is 1. The van der Waals surface area contributed by atoms with Crippen LogP contribution in [0.3, 0.4) is 0 Å². The molecule has 0 saturated carbocycles. The second-order valence-electron chi connectivity index (χ2n) is 5.91. The average molecular weight is 293 g/mol. The van der Waals surface area contributed by atoms with Gasteiger partial charge in [-0.25, -0.2) is 8.78 Å². The highest BCUT2D eigenvalue weighted by Gasteiger charge is 2.22. The van der Waals surface area contributed by atoms with Crippen molar-refractivity contribution in [1.82, 2.24) is 5.32 Å². The Morgan fingerprint density at radius 3 is 2.71 bits per heavy atom. The van der Waals surface area contributed by atoms with Gasteiger partial charge in [-0.05, 0) is 63.6 Å². The standard InChI is InChI=1S/C18H25F2N/c1-3-11-21-16(12-14-7-5-4-6-8-14)17-15(19)10-9-13(2)18(17)20/h7,9-10,16,21H,3-6,8,11-12H2,1-2H3. The van der Waals surface area contributed by atoms with E-state index in [4.69, 9.17) is 0 Å². The molecule has 0 bridgehead atoms. The molecule has 1 aromatic rings. The number of nitrogens with one attached hydrogen (secondary N) is 1. The van der Waals surface area contributed by atoms with E-state index < -0.39 is 11.6 Å². The fourth-order valence-electron chi connectivity index (χ4n) is 2.94. The Bertz CT molecular complexity index is 508. The molecule has 0 aromatic heterocycles. The molecule has 1 nitrogen and oxygen atoms in total. The summed E-state index contributed by atoms with van der Waals surface area (Å²) >= 11 is 0. The first kappa shape index (κ1) is 16.2. The van der Waals surface area contributed by atoms with Gasteiger partial charge in [-0.2, -0.15) is 0 Å². The summed E-state index contributed by atoms with van der Waals surface area (Å²) in [6, 6.07) is 2.61. The van der Waals surface area contributed by atoms with Crippen LogP contribution in [0.5, 0.6) is 0 Å². The first-order chi connectivity index (χ1) is 10.1. The van der Waals surface area contributed by atoms with Crippen molar-refractivity contribution in [2.45, 2.75) is 58.4 Å². The molecular formula is C18H25F2N. The number of hydrogen-bond acceptors (Lipinski definition) is 1. The molecule has 1 atom stereocenters. The van der Waals surface area contributed by atoms with Crippen LogP contribution in [0.4, 0.5) is 8.78 Å². The summed E-state index contributed by atoms with van der Waals surface area (Å²) in [6.45, 7) is 4.52. The molecule has 1 unspecified atom stereocenters. The van der Waals surface area contributed by atoms with Crippen LogP contribution in [0.2, 0.25) is 0 Å². The summed E-state index contributed by atoms with van der Waals surface area (Å²) in [6.07, 6.45) is 8.46. The van der Waals surface area contributed by atoms with Crippen molar-refractivity contribution in [2.75, 3.05) is 6.54 Å². The maximum absolute atomic E-state index is 14.4. The third kappa shape index (κ3) is 4.13. The summed E-state index contributed by atoms with van der Waals surface area (Å²) in [5.74, 6) is -0.844. The van der Waals surface area contributed by atoms with Gasteiger partial charge in [0.1, 0.15) is 11.6 Å². The second kappa shape index (κ2) is 7.69.